The van der Waals surface area contributed by atoms with Crippen LogP contribution in [-0.4, -0.2) is 37.0 Å². The Labute approximate surface area is 116 Å². The van der Waals surface area contributed by atoms with Crippen molar-refractivity contribution in [3.8, 4) is 0 Å². The van der Waals surface area contributed by atoms with E-state index in [9.17, 15) is 4.79 Å². The van der Waals surface area contributed by atoms with Gasteiger partial charge < -0.3 is 10.2 Å². The predicted octanol–water partition coefficient (Wildman–Crippen LogP) is 2.46. The number of aryl methyl sites for hydroxylation is 1. The third kappa shape index (κ3) is 3.80. The van der Waals surface area contributed by atoms with Gasteiger partial charge in [-0.15, -0.1) is 0 Å². The lowest BCUT2D eigenvalue weighted by Crippen LogP contribution is -2.33. The average Bonchev–Trinajstić information content (AvgIpc) is 2.59. The van der Waals surface area contributed by atoms with Crippen molar-refractivity contribution >= 4 is 5.91 Å². The second-order valence-electron chi connectivity index (χ2n) is 5.16. The van der Waals surface area contributed by atoms with Gasteiger partial charge in [0.15, 0.2) is 0 Å². The van der Waals surface area contributed by atoms with E-state index >= 15 is 0 Å². The second-order valence-corrected chi connectivity index (χ2v) is 5.16. The van der Waals surface area contributed by atoms with Crippen molar-refractivity contribution in [3.05, 3.63) is 35.4 Å². The molecule has 0 unspecified atom stereocenters. The molecule has 0 radical (unpaired) electrons. The van der Waals surface area contributed by atoms with Gasteiger partial charge in [-0.3, -0.25) is 4.79 Å². The quantitative estimate of drug-likeness (QED) is 0.797. The number of fused-ring (bicyclic) bond motifs is 1. The smallest absolute Gasteiger partial charge is 0.254 e. The number of carbonyl (C=O) groups excluding carboxylic acids is 1. The molecule has 2 rings (SSSR count). The Morgan fingerprint density at radius 2 is 2.11 bits per heavy atom. The van der Waals surface area contributed by atoms with E-state index in [4.69, 9.17) is 0 Å². The molecule has 0 bridgehead atoms. The van der Waals surface area contributed by atoms with Gasteiger partial charge in [-0.2, -0.15) is 0 Å². The van der Waals surface area contributed by atoms with E-state index in [2.05, 4.69) is 18.3 Å². The molecule has 0 atom stereocenters. The Morgan fingerprint density at radius 3 is 2.95 bits per heavy atom. The molecule has 104 valence electrons. The molecule has 0 saturated heterocycles. The maximum Gasteiger partial charge on any atom is 0.254 e. The summed E-state index contributed by atoms with van der Waals surface area (Å²) in [5.41, 5.74) is 2.11. The van der Waals surface area contributed by atoms with Crippen molar-refractivity contribution in [1.82, 2.24) is 10.2 Å². The van der Waals surface area contributed by atoms with Gasteiger partial charge in [-0.1, -0.05) is 25.1 Å². The van der Waals surface area contributed by atoms with E-state index in [0.717, 1.165) is 57.4 Å². The molecule has 1 aliphatic heterocycles. The molecule has 1 heterocycles. The van der Waals surface area contributed by atoms with Gasteiger partial charge in [0.1, 0.15) is 0 Å². The highest BCUT2D eigenvalue weighted by Gasteiger charge is 2.21. The lowest BCUT2D eigenvalue weighted by molar-refractivity contribution is 0.0759. The van der Waals surface area contributed by atoms with Crippen molar-refractivity contribution in [1.29, 1.82) is 0 Å². The minimum atomic E-state index is 0.212. The first-order chi connectivity index (χ1) is 9.33. The third-order valence-corrected chi connectivity index (χ3v) is 3.62. The number of nitrogens with zero attached hydrogens (tertiary/aromatic N) is 1. The van der Waals surface area contributed by atoms with Gasteiger partial charge in [0, 0.05) is 18.7 Å². The van der Waals surface area contributed by atoms with E-state index < -0.39 is 0 Å². The minimum Gasteiger partial charge on any atom is -0.339 e. The Bertz CT molecular complexity index is 417. The van der Waals surface area contributed by atoms with Gasteiger partial charge in [-0.05, 0) is 50.4 Å². The fourth-order valence-corrected chi connectivity index (χ4v) is 2.59. The third-order valence-electron chi connectivity index (χ3n) is 3.62. The monoisotopic (exact) mass is 260 g/mol. The van der Waals surface area contributed by atoms with E-state index in [-0.39, 0.29) is 5.91 Å². The topological polar surface area (TPSA) is 32.3 Å². The molecule has 0 aromatic heterocycles. The van der Waals surface area contributed by atoms with Crippen LogP contribution in [0.1, 0.15) is 42.1 Å². The van der Waals surface area contributed by atoms with Crippen molar-refractivity contribution in [2.75, 3.05) is 26.2 Å². The summed E-state index contributed by atoms with van der Waals surface area (Å²) >= 11 is 0. The van der Waals surface area contributed by atoms with Crippen molar-refractivity contribution in [2.45, 2.75) is 32.6 Å². The molecule has 3 heteroatoms. The first-order valence-corrected chi connectivity index (χ1v) is 7.41. The van der Waals surface area contributed by atoms with Crippen LogP contribution in [0.3, 0.4) is 0 Å². The maximum absolute atomic E-state index is 12.5. The van der Waals surface area contributed by atoms with Gasteiger partial charge in [-0.25, -0.2) is 0 Å². The van der Waals surface area contributed by atoms with Crippen LogP contribution in [-0.2, 0) is 6.42 Å². The normalized spacial score (nSPS) is 15.2. The van der Waals surface area contributed by atoms with E-state index in [1.807, 2.05) is 23.1 Å². The Hall–Kier alpha value is -1.35. The highest BCUT2D eigenvalue weighted by molar-refractivity contribution is 5.96. The average molecular weight is 260 g/mol. The number of hydrogen-bond acceptors (Lipinski definition) is 2. The number of rotatable bonds is 6. The molecule has 1 amide bonds. The zero-order valence-corrected chi connectivity index (χ0v) is 11.8. The minimum absolute atomic E-state index is 0.212. The van der Waals surface area contributed by atoms with Crippen LogP contribution in [0.4, 0.5) is 0 Å². The van der Waals surface area contributed by atoms with Crippen LogP contribution in [0.2, 0.25) is 0 Å². The number of carbonyl (C=O) groups is 1. The fraction of sp³-hybridized carbons (Fsp3) is 0.562. The van der Waals surface area contributed by atoms with Crippen molar-refractivity contribution in [3.63, 3.8) is 0 Å². The highest BCUT2D eigenvalue weighted by atomic mass is 16.2. The molecule has 1 aliphatic rings. The number of nitrogens with one attached hydrogen (secondary N) is 1. The number of benzene rings is 1. The van der Waals surface area contributed by atoms with E-state index in [1.54, 1.807) is 0 Å². The first kappa shape index (κ1) is 14.1. The summed E-state index contributed by atoms with van der Waals surface area (Å²) < 4.78 is 0. The number of hydrogen-bond donors (Lipinski definition) is 1. The SMILES string of the molecule is CCCNCCCN1CCCc2ccccc2C1=O. The van der Waals surface area contributed by atoms with Gasteiger partial charge in [0.2, 0.25) is 0 Å². The molecule has 1 aromatic rings. The maximum atomic E-state index is 12.5. The standard InChI is InChI=1S/C16H24N2O/c1-2-10-17-11-6-13-18-12-5-8-14-7-3-4-9-15(14)16(18)19/h3-4,7,9,17H,2,5-6,8,10-13H2,1H3. The Kier molecular flexibility index (Phi) is 5.40. The highest BCUT2D eigenvalue weighted by Crippen LogP contribution is 2.18. The van der Waals surface area contributed by atoms with Gasteiger partial charge in [0.25, 0.3) is 5.91 Å². The molecule has 3 nitrogen and oxygen atoms in total. The Morgan fingerprint density at radius 1 is 1.26 bits per heavy atom. The van der Waals surface area contributed by atoms with Crippen molar-refractivity contribution in [2.24, 2.45) is 0 Å². The zero-order valence-electron chi connectivity index (χ0n) is 11.8. The number of amides is 1. The molecule has 0 saturated carbocycles. The molecule has 0 spiro atoms. The first-order valence-electron chi connectivity index (χ1n) is 7.41. The summed E-state index contributed by atoms with van der Waals surface area (Å²) in [6.07, 6.45) is 4.29. The lowest BCUT2D eigenvalue weighted by atomic mass is 10.0. The molecule has 0 aliphatic carbocycles. The predicted molar refractivity (Wildman–Crippen MR) is 78.4 cm³/mol. The molecular weight excluding hydrogens is 236 g/mol. The van der Waals surface area contributed by atoms with E-state index in [0.29, 0.717) is 0 Å². The van der Waals surface area contributed by atoms with Crippen LogP contribution < -0.4 is 5.32 Å². The largest absolute Gasteiger partial charge is 0.339 e. The zero-order chi connectivity index (χ0) is 13.5. The summed E-state index contributed by atoms with van der Waals surface area (Å²) in [4.78, 5) is 14.5. The van der Waals surface area contributed by atoms with Crippen molar-refractivity contribution < 1.29 is 4.79 Å². The molecule has 1 aromatic carbocycles. The van der Waals surface area contributed by atoms with Gasteiger partial charge >= 0.3 is 0 Å². The summed E-state index contributed by atoms with van der Waals surface area (Å²) in [5, 5.41) is 3.39. The van der Waals surface area contributed by atoms with Crippen LogP contribution in [0.15, 0.2) is 24.3 Å². The summed E-state index contributed by atoms with van der Waals surface area (Å²) in [5.74, 6) is 0.212. The molecule has 1 N–H and O–H groups in total. The molecule has 19 heavy (non-hydrogen) atoms. The van der Waals surface area contributed by atoms with Crippen LogP contribution >= 0.6 is 0 Å². The van der Waals surface area contributed by atoms with Gasteiger partial charge in [0.05, 0.1) is 0 Å². The molecule has 0 fully saturated rings. The summed E-state index contributed by atoms with van der Waals surface area (Å²) in [6, 6.07) is 8.03. The summed E-state index contributed by atoms with van der Waals surface area (Å²) in [7, 11) is 0. The van der Waals surface area contributed by atoms with Crippen LogP contribution in [0.25, 0.3) is 0 Å². The van der Waals surface area contributed by atoms with E-state index in [1.165, 1.54) is 5.56 Å². The Balaban J connectivity index is 1.90. The molecular formula is C16H24N2O. The lowest BCUT2D eigenvalue weighted by Gasteiger charge is -2.21. The van der Waals surface area contributed by atoms with Crippen LogP contribution in [0, 0.1) is 0 Å². The van der Waals surface area contributed by atoms with Crippen LogP contribution in [0.5, 0.6) is 0 Å². The summed E-state index contributed by atoms with van der Waals surface area (Å²) in [6.45, 7) is 5.99. The second kappa shape index (κ2) is 7.29. The fourth-order valence-electron chi connectivity index (χ4n) is 2.59.